The molecule has 2 amide bonds. The molecule has 2 aromatic heterocycles. The Morgan fingerprint density at radius 3 is 2.72 bits per heavy atom. The maximum atomic E-state index is 13.5. The molecule has 0 bridgehead atoms. The smallest absolute Gasteiger partial charge is 0.317 e. The second kappa shape index (κ2) is 9.10. The van der Waals surface area contributed by atoms with Crippen LogP contribution in [0.15, 0.2) is 60.7 Å². The molecule has 0 radical (unpaired) electrons. The summed E-state index contributed by atoms with van der Waals surface area (Å²) in [5.41, 5.74) is 2.78. The average molecular weight is 450 g/mol. The van der Waals surface area contributed by atoms with Gasteiger partial charge in [-0.1, -0.05) is 24.3 Å². The first-order valence-corrected chi connectivity index (χ1v) is 11.5. The fraction of sp³-hybridized carbons (Fsp3) is 0.250. The highest BCUT2D eigenvalue weighted by Crippen LogP contribution is 2.29. The van der Waals surface area contributed by atoms with Gasteiger partial charge in [0.25, 0.3) is 0 Å². The van der Waals surface area contributed by atoms with Gasteiger partial charge >= 0.3 is 6.03 Å². The van der Waals surface area contributed by atoms with E-state index in [0.717, 1.165) is 46.9 Å². The van der Waals surface area contributed by atoms with Crippen LogP contribution in [0.4, 0.5) is 9.18 Å². The zero-order chi connectivity index (χ0) is 21.9. The Labute approximate surface area is 189 Å². The van der Waals surface area contributed by atoms with Gasteiger partial charge in [0.05, 0.1) is 17.6 Å². The molecule has 6 nitrogen and oxygen atoms in total. The van der Waals surface area contributed by atoms with E-state index in [9.17, 15) is 9.18 Å². The maximum Gasteiger partial charge on any atom is 0.317 e. The number of nitrogens with zero attached hydrogens (tertiary/aromatic N) is 3. The highest BCUT2D eigenvalue weighted by Gasteiger charge is 2.21. The van der Waals surface area contributed by atoms with Crippen molar-refractivity contribution >= 4 is 28.4 Å². The summed E-state index contributed by atoms with van der Waals surface area (Å²) in [4.78, 5) is 26.8. The van der Waals surface area contributed by atoms with Crippen molar-refractivity contribution in [1.29, 1.82) is 0 Å². The molecule has 1 saturated heterocycles. The first kappa shape index (κ1) is 20.7. The van der Waals surface area contributed by atoms with Crippen LogP contribution in [0, 0.1) is 5.82 Å². The van der Waals surface area contributed by atoms with Gasteiger partial charge in [-0.25, -0.2) is 14.2 Å². The zero-order valence-electron chi connectivity index (χ0n) is 17.6. The molecular formula is C24H24FN5OS. The predicted octanol–water partition coefficient (Wildman–Crippen LogP) is 4.46. The number of para-hydroxylation sites is 2. The molecule has 8 heteroatoms. The molecule has 1 aliphatic rings. The van der Waals surface area contributed by atoms with Crippen LogP contribution in [0.2, 0.25) is 0 Å². The summed E-state index contributed by atoms with van der Waals surface area (Å²) in [6.07, 6.45) is 0. The van der Waals surface area contributed by atoms with E-state index >= 15 is 0 Å². The van der Waals surface area contributed by atoms with E-state index in [1.54, 1.807) is 23.5 Å². The number of imidazole rings is 1. The summed E-state index contributed by atoms with van der Waals surface area (Å²) in [5, 5.41) is 2.97. The summed E-state index contributed by atoms with van der Waals surface area (Å²) >= 11 is 1.69. The number of rotatable bonds is 5. The van der Waals surface area contributed by atoms with Crippen molar-refractivity contribution in [2.75, 3.05) is 26.2 Å². The van der Waals surface area contributed by atoms with E-state index in [-0.39, 0.29) is 11.8 Å². The lowest BCUT2D eigenvalue weighted by molar-refractivity contribution is 0.135. The molecule has 4 aromatic rings. The lowest BCUT2D eigenvalue weighted by Gasteiger charge is -2.34. The summed E-state index contributed by atoms with van der Waals surface area (Å²) in [6.45, 7) is 4.25. The number of carbonyl (C=O) groups is 1. The first-order chi connectivity index (χ1) is 15.6. The number of halogens is 1. The largest absolute Gasteiger partial charge is 0.340 e. The number of hydrogen-bond acceptors (Lipinski definition) is 4. The van der Waals surface area contributed by atoms with Crippen LogP contribution in [-0.4, -0.2) is 52.0 Å². The summed E-state index contributed by atoms with van der Waals surface area (Å²) in [6, 6.07) is 18.6. The second-order valence-electron chi connectivity index (χ2n) is 7.90. The Morgan fingerprint density at radius 2 is 1.91 bits per heavy atom. The maximum absolute atomic E-state index is 13.5. The Morgan fingerprint density at radius 1 is 1.06 bits per heavy atom. The predicted molar refractivity (Wildman–Crippen MR) is 125 cm³/mol. The Bertz CT molecular complexity index is 1190. The molecule has 0 spiro atoms. The SMILES string of the molecule is O=C(NCc1nc2ccccc2[nH]1)N1CCN(Cc2ccc(-c3cccc(F)c3)s2)CC1. The average Bonchev–Trinajstić information content (AvgIpc) is 3.45. The summed E-state index contributed by atoms with van der Waals surface area (Å²) in [7, 11) is 0. The number of thiophene rings is 1. The van der Waals surface area contributed by atoms with E-state index in [1.165, 1.54) is 10.9 Å². The Kier molecular flexibility index (Phi) is 5.87. The molecule has 32 heavy (non-hydrogen) atoms. The van der Waals surface area contributed by atoms with Crippen LogP contribution in [0.3, 0.4) is 0 Å². The topological polar surface area (TPSA) is 64.3 Å². The van der Waals surface area contributed by atoms with Crippen molar-refractivity contribution in [1.82, 2.24) is 25.1 Å². The van der Waals surface area contributed by atoms with Crippen LogP contribution in [-0.2, 0) is 13.1 Å². The standard InChI is InChI=1S/C24H24FN5OS/c25-18-5-3-4-17(14-18)22-9-8-19(32-22)16-29-10-12-30(13-11-29)24(31)26-15-23-27-20-6-1-2-7-21(20)28-23/h1-9,14H,10-13,15-16H2,(H,26,31)(H,27,28). The van der Waals surface area contributed by atoms with Gasteiger partial charge in [0.2, 0.25) is 0 Å². The molecule has 0 unspecified atom stereocenters. The number of aromatic nitrogens is 2. The number of H-pyrrole nitrogens is 1. The summed E-state index contributed by atoms with van der Waals surface area (Å²) in [5.74, 6) is 0.539. The number of urea groups is 1. The third-order valence-electron chi connectivity index (χ3n) is 5.66. The van der Waals surface area contributed by atoms with Gasteiger partial charge < -0.3 is 15.2 Å². The fourth-order valence-corrected chi connectivity index (χ4v) is 5.00. The number of benzene rings is 2. The van der Waals surface area contributed by atoms with Gasteiger partial charge in [0, 0.05) is 42.5 Å². The lowest BCUT2D eigenvalue weighted by Crippen LogP contribution is -2.51. The number of nitrogens with one attached hydrogen (secondary N) is 2. The number of piperazine rings is 1. The number of amides is 2. The molecule has 1 fully saturated rings. The molecule has 3 heterocycles. The number of aromatic amines is 1. The van der Waals surface area contributed by atoms with Crippen LogP contribution < -0.4 is 5.32 Å². The third kappa shape index (κ3) is 4.66. The van der Waals surface area contributed by atoms with Crippen molar-refractivity contribution in [2.45, 2.75) is 13.1 Å². The second-order valence-corrected chi connectivity index (χ2v) is 9.07. The van der Waals surface area contributed by atoms with Crippen molar-refractivity contribution in [3.05, 3.63) is 77.2 Å². The van der Waals surface area contributed by atoms with Crippen LogP contribution in [0.1, 0.15) is 10.7 Å². The van der Waals surface area contributed by atoms with E-state index in [4.69, 9.17) is 0 Å². The lowest BCUT2D eigenvalue weighted by atomic mass is 10.2. The molecule has 2 N–H and O–H groups in total. The molecule has 1 aliphatic heterocycles. The highest BCUT2D eigenvalue weighted by molar-refractivity contribution is 7.15. The van der Waals surface area contributed by atoms with Crippen molar-refractivity contribution in [3.63, 3.8) is 0 Å². The van der Waals surface area contributed by atoms with Gasteiger partial charge in [-0.2, -0.15) is 0 Å². The molecule has 0 aliphatic carbocycles. The molecule has 2 aromatic carbocycles. The fourth-order valence-electron chi connectivity index (χ4n) is 3.95. The minimum Gasteiger partial charge on any atom is -0.340 e. The first-order valence-electron chi connectivity index (χ1n) is 10.7. The van der Waals surface area contributed by atoms with Gasteiger partial charge in [0.15, 0.2) is 0 Å². The van der Waals surface area contributed by atoms with Crippen LogP contribution in [0.5, 0.6) is 0 Å². The molecule has 0 atom stereocenters. The molecule has 0 saturated carbocycles. The molecule has 164 valence electrons. The number of carbonyl (C=O) groups excluding carboxylic acids is 1. The van der Waals surface area contributed by atoms with E-state index in [1.807, 2.05) is 35.2 Å². The molecule has 5 rings (SSSR count). The van der Waals surface area contributed by atoms with Gasteiger partial charge in [0.1, 0.15) is 11.6 Å². The Balaban J connectivity index is 1.10. The van der Waals surface area contributed by atoms with Crippen molar-refractivity contribution in [2.24, 2.45) is 0 Å². The normalized spacial score (nSPS) is 14.7. The van der Waals surface area contributed by atoms with Crippen LogP contribution in [0.25, 0.3) is 21.5 Å². The Hall–Kier alpha value is -3.23. The zero-order valence-corrected chi connectivity index (χ0v) is 18.4. The van der Waals surface area contributed by atoms with Gasteiger partial charge in [-0.15, -0.1) is 11.3 Å². The van der Waals surface area contributed by atoms with E-state index in [2.05, 4.69) is 32.3 Å². The van der Waals surface area contributed by atoms with Crippen LogP contribution >= 0.6 is 11.3 Å². The number of fused-ring (bicyclic) bond motifs is 1. The van der Waals surface area contributed by atoms with E-state index < -0.39 is 0 Å². The van der Waals surface area contributed by atoms with Gasteiger partial charge in [-0.05, 0) is 42.0 Å². The quantitative estimate of drug-likeness (QED) is 0.473. The minimum atomic E-state index is -0.216. The minimum absolute atomic E-state index is 0.0605. The van der Waals surface area contributed by atoms with E-state index in [0.29, 0.717) is 19.6 Å². The van der Waals surface area contributed by atoms with Gasteiger partial charge in [-0.3, -0.25) is 4.90 Å². The monoisotopic (exact) mass is 449 g/mol. The number of hydrogen-bond donors (Lipinski definition) is 2. The van der Waals surface area contributed by atoms with Crippen molar-refractivity contribution < 1.29 is 9.18 Å². The molecular weight excluding hydrogens is 425 g/mol. The highest BCUT2D eigenvalue weighted by atomic mass is 32.1. The van der Waals surface area contributed by atoms with Crippen molar-refractivity contribution in [3.8, 4) is 10.4 Å². The third-order valence-corrected chi connectivity index (χ3v) is 6.77. The summed E-state index contributed by atoms with van der Waals surface area (Å²) < 4.78 is 13.5.